The molecule has 17 heavy (non-hydrogen) atoms. The molecule has 2 aliphatic rings. The van der Waals surface area contributed by atoms with Crippen molar-refractivity contribution in [3.8, 4) is 0 Å². The molecule has 3 heteroatoms. The van der Waals surface area contributed by atoms with Crippen molar-refractivity contribution in [3.63, 3.8) is 0 Å². The van der Waals surface area contributed by atoms with Crippen LogP contribution in [-0.2, 0) is 0 Å². The highest BCUT2D eigenvalue weighted by Crippen LogP contribution is 2.43. The van der Waals surface area contributed by atoms with Crippen LogP contribution >= 0.6 is 11.6 Å². The predicted octanol–water partition coefficient (Wildman–Crippen LogP) is 4.10. The monoisotopic (exact) mass is 251 g/mol. The van der Waals surface area contributed by atoms with Crippen LogP contribution in [0.15, 0.2) is 30.4 Å². The number of benzene rings is 1. The van der Waals surface area contributed by atoms with Gasteiger partial charge in [0.1, 0.15) is 5.82 Å². The number of nitrogens with one attached hydrogen (secondary N) is 1. The van der Waals surface area contributed by atoms with Crippen LogP contribution < -0.4 is 5.32 Å². The van der Waals surface area contributed by atoms with E-state index in [-0.39, 0.29) is 5.82 Å². The third-order valence-corrected chi connectivity index (χ3v) is 4.24. The average Bonchev–Trinajstić information content (AvgIpc) is 2.90. The van der Waals surface area contributed by atoms with Gasteiger partial charge in [0, 0.05) is 6.54 Å². The van der Waals surface area contributed by atoms with E-state index in [1.54, 1.807) is 12.1 Å². The van der Waals surface area contributed by atoms with Gasteiger partial charge >= 0.3 is 0 Å². The van der Waals surface area contributed by atoms with E-state index >= 15 is 0 Å². The maximum Gasteiger partial charge on any atom is 0.147 e. The Kier molecular flexibility index (Phi) is 2.83. The largest absolute Gasteiger partial charge is 0.381 e. The lowest BCUT2D eigenvalue weighted by Gasteiger charge is -2.19. The van der Waals surface area contributed by atoms with Crippen LogP contribution in [0.1, 0.15) is 12.8 Å². The van der Waals surface area contributed by atoms with E-state index in [9.17, 15) is 4.39 Å². The number of hydrogen-bond donors (Lipinski definition) is 1. The van der Waals surface area contributed by atoms with Gasteiger partial charge in [-0.05, 0) is 42.7 Å². The molecule has 1 aromatic carbocycles. The van der Waals surface area contributed by atoms with Crippen LogP contribution in [0, 0.1) is 23.6 Å². The third-order valence-electron chi connectivity index (χ3n) is 3.92. The fourth-order valence-corrected chi connectivity index (χ4v) is 3.26. The molecule has 0 aliphatic heterocycles. The van der Waals surface area contributed by atoms with Crippen molar-refractivity contribution in [2.45, 2.75) is 12.8 Å². The first-order valence-corrected chi connectivity index (χ1v) is 6.48. The summed E-state index contributed by atoms with van der Waals surface area (Å²) in [5, 5.41) is 3.63. The summed E-state index contributed by atoms with van der Waals surface area (Å²) in [4.78, 5) is 0. The van der Waals surface area contributed by atoms with Crippen molar-refractivity contribution in [1.82, 2.24) is 0 Å². The zero-order valence-electron chi connectivity index (χ0n) is 9.50. The van der Waals surface area contributed by atoms with Crippen LogP contribution in [0.5, 0.6) is 0 Å². The number of halogens is 2. The summed E-state index contributed by atoms with van der Waals surface area (Å²) in [7, 11) is 0. The predicted molar refractivity (Wildman–Crippen MR) is 68.7 cm³/mol. The van der Waals surface area contributed by atoms with E-state index in [4.69, 9.17) is 11.6 Å². The van der Waals surface area contributed by atoms with Gasteiger partial charge in [-0.25, -0.2) is 4.39 Å². The summed E-state index contributed by atoms with van der Waals surface area (Å²) in [5.41, 5.74) is 0.445. The van der Waals surface area contributed by atoms with Crippen molar-refractivity contribution in [1.29, 1.82) is 0 Å². The molecule has 0 spiro atoms. The van der Waals surface area contributed by atoms with Gasteiger partial charge in [0.25, 0.3) is 0 Å². The van der Waals surface area contributed by atoms with Crippen molar-refractivity contribution in [3.05, 3.63) is 41.2 Å². The topological polar surface area (TPSA) is 12.0 Å². The Morgan fingerprint density at radius 2 is 2.18 bits per heavy atom. The van der Waals surface area contributed by atoms with E-state index in [0.29, 0.717) is 22.5 Å². The molecule has 1 aromatic rings. The van der Waals surface area contributed by atoms with Crippen molar-refractivity contribution >= 4 is 17.3 Å². The van der Waals surface area contributed by atoms with Crippen LogP contribution in [0.25, 0.3) is 0 Å². The summed E-state index contributed by atoms with van der Waals surface area (Å²) < 4.78 is 13.6. The Balaban J connectivity index is 1.66. The fraction of sp³-hybridized carbons (Fsp3) is 0.429. The van der Waals surface area contributed by atoms with E-state index in [0.717, 1.165) is 12.5 Å². The van der Waals surface area contributed by atoms with Gasteiger partial charge in [-0.15, -0.1) is 0 Å². The van der Waals surface area contributed by atoms with Crippen LogP contribution in [0.4, 0.5) is 10.1 Å². The average molecular weight is 252 g/mol. The Labute approximate surface area is 106 Å². The minimum Gasteiger partial charge on any atom is -0.381 e. The van der Waals surface area contributed by atoms with E-state index in [2.05, 4.69) is 17.5 Å². The highest BCUT2D eigenvalue weighted by Gasteiger charge is 2.35. The van der Waals surface area contributed by atoms with Gasteiger partial charge in [-0.3, -0.25) is 0 Å². The molecule has 0 aromatic heterocycles. The SMILES string of the molecule is Fc1cccc(Cl)c1NCC1CC2C=CC1C2. The quantitative estimate of drug-likeness (QED) is 0.798. The molecule has 0 heterocycles. The highest BCUT2D eigenvalue weighted by atomic mass is 35.5. The number of allylic oxidation sites excluding steroid dienone is 2. The zero-order chi connectivity index (χ0) is 11.8. The van der Waals surface area contributed by atoms with E-state index < -0.39 is 0 Å². The first-order chi connectivity index (χ1) is 8.24. The maximum absolute atomic E-state index is 13.6. The highest BCUT2D eigenvalue weighted by molar-refractivity contribution is 6.33. The minimum absolute atomic E-state index is 0.267. The maximum atomic E-state index is 13.6. The Hall–Kier alpha value is -1.02. The van der Waals surface area contributed by atoms with Crippen molar-refractivity contribution in [2.75, 3.05) is 11.9 Å². The summed E-state index contributed by atoms with van der Waals surface area (Å²) in [5.74, 6) is 1.79. The molecule has 1 fully saturated rings. The molecule has 1 saturated carbocycles. The zero-order valence-corrected chi connectivity index (χ0v) is 10.3. The molecular formula is C14H15ClFN. The normalized spacial score (nSPS) is 29.9. The molecule has 1 nitrogen and oxygen atoms in total. The van der Waals surface area contributed by atoms with Crippen molar-refractivity contribution in [2.24, 2.45) is 17.8 Å². The smallest absolute Gasteiger partial charge is 0.147 e. The molecule has 0 saturated heterocycles. The molecule has 90 valence electrons. The van der Waals surface area contributed by atoms with Gasteiger partial charge in [0.2, 0.25) is 0 Å². The molecule has 0 radical (unpaired) electrons. The van der Waals surface area contributed by atoms with Crippen LogP contribution in [0.2, 0.25) is 5.02 Å². The number of hydrogen-bond acceptors (Lipinski definition) is 1. The summed E-state index contributed by atoms with van der Waals surface area (Å²) in [6.45, 7) is 0.812. The number of anilines is 1. The summed E-state index contributed by atoms with van der Waals surface area (Å²) in [6.07, 6.45) is 7.12. The van der Waals surface area contributed by atoms with Crippen molar-refractivity contribution < 1.29 is 4.39 Å². The molecule has 2 bridgehead atoms. The Morgan fingerprint density at radius 1 is 1.29 bits per heavy atom. The number of fused-ring (bicyclic) bond motifs is 2. The van der Waals surface area contributed by atoms with Crippen LogP contribution in [0.3, 0.4) is 0 Å². The standard InChI is InChI=1S/C14H15ClFN/c15-12-2-1-3-13(16)14(12)17-8-11-7-9-4-5-10(11)6-9/h1-5,9-11,17H,6-8H2. The van der Waals surface area contributed by atoms with Gasteiger partial charge in [0.15, 0.2) is 0 Å². The second kappa shape index (κ2) is 4.34. The van der Waals surface area contributed by atoms with Gasteiger partial charge in [0.05, 0.1) is 10.7 Å². The molecular weight excluding hydrogens is 237 g/mol. The van der Waals surface area contributed by atoms with Gasteiger partial charge in [-0.1, -0.05) is 29.8 Å². The first-order valence-electron chi connectivity index (χ1n) is 6.10. The molecule has 3 rings (SSSR count). The Morgan fingerprint density at radius 3 is 2.82 bits per heavy atom. The number of rotatable bonds is 3. The van der Waals surface area contributed by atoms with Gasteiger partial charge in [-0.2, -0.15) is 0 Å². The lowest BCUT2D eigenvalue weighted by Crippen LogP contribution is -2.18. The van der Waals surface area contributed by atoms with Gasteiger partial charge < -0.3 is 5.32 Å². The Bertz CT molecular complexity index is 437. The lowest BCUT2D eigenvalue weighted by molar-refractivity contribution is 0.470. The molecule has 1 N–H and O–H groups in total. The first kappa shape index (κ1) is 11.1. The fourth-order valence-electron chi connectivity index (χ4n) is 3.03. The van der Waals surface area contributed by atoms with Crippen LogP contribution in [-0.4, -0.2) is 6.54 Å². The second-order valence-corrected chi connectivity index (χ2v) is 5.43. The third kappa shape index (κ3) is 2.06. The lowest BCUT2D eigenvalue weighted by atomic mass is 9.93. The minimum atomic E-state index is -0.267. The summed E-state index contributed by atoms with van der Waals surface area (Å²) >= 11 is 5.98. The van der Waals surface area contributed by atoms with E-state index in [1.165, 1.54) is 18.9 Å². The molecule has 0 amide bonds. The van der Waals surface area contributed by atoms with E-state index in [1.807, 2.05) is 0 Å². The number of para-hydroxylation sites is 1. The summed E-state index contributed by atoms with van der Waals surface area (Å²) in [6, 6.07) is 4.78. The molecule has 3 atom stereocenters. The molecule has 2 aliphatic carbocycles. The second-order valence-electron chi connectivity index (χ2n) is 5.02. The molecule has 3 unspecified atom stereocenters.